The van der Waals surface area contributed by atoms with Gasteiger partial charge in [-0.05, 0) is 36.9 Å². The summed E-state index contributed by atoms with van der Waals surface area (Å²) in [7, 11) is 0. The molecule has 0 aliphatic heterocycles. The second-order valence-corrected chi connectivity index (χ2v) is 6.23. The van der Waals surface area contributed by atoms with Gasteiger partial charge in [-0.2, -0.15) is 0 Å². The van der Waals surface area contributed by atoms with E-state index in [-0.39, 0.29) is 12.0 Å². The zero-order chi connectivity index (χ0) is 17.8. The molecule has 1 N–H and O–H groups in total. The van der Waals surface area contributed by atoms with Crippen molar-refractivity contribution in [3.8, 4) is 23.2 Å². The zero-order valence-electron chi connectivity index (χ0n) is 13.7. The molecule has 2 aromatic heterocycles. The fraction of sp³-hybridized carbons (Fsp3) is 0.278. The number of ether oxygens (including phenoxy) is 1. The molecule has 3 rings (SSSR count). The van der Waals surface area contributed by atoms with E-state index in [0.717, 1.165) is 18.4 Å². The number of hydrogen-bond acceptors (Lipinski definition) is 6. The summed E-state index contributed by atoms with van der Waals surface area (Å²) >= 11 is 5.94. The first-order valence-corrected chi connectivity index (χ1v) is 8.26. The monoisotopic (exact) mass is 359 g/mol. The topological polar surface area (TPSA) is 81.3 Å². The lowest BCUT2D eigenvalue weighted by Crippen LogP contribution is -2.34. The van der Waals surface area contributed by atoms with Gasteiger partial charge < -0.3 is 14.4 Å². The van der Waals surface area contributed by atoms with Gasteiger partial charge in [0.1, 0.15) is 6.10 Å². The summed E-state index contributed by atoms with van der Waals surface area (Å²) in [5.74, 6) is 0.607. The van der Waals surface area contributed by atoms with Crippen molar-refractivity contribution in [2.75, 3.05) is 0 Å². The van der Waals surface area contributed by atoms with Crippen LogP contribution >= 0.6 is 11.6 Å². The highest BCUT2D eigenvalue weighted by Crippen LogP contribution is 2.36. The van der Waals surface area contributed by atoms with Crippen LogP contribution in [0.3, 0.4) is 0 Å². The molecule has 6 nitrogen and oxygen atoms in total. The second-order valence-electron chi connectivity index (χ2n) is 5.79. The first-order valence-electron chi connectivity index (χ1n) is 7.88. The van der Waals surface area contributed by atoms with E-state index in [1.54, 1.807) is 12.4 Å². The minimum absolute atomic E-state index is 0.0764. The molecule has 0 saturated heterocycles. The molecule has 130 valence electrons. The standard InChI is InChI=1S/C18H18ClN3O3/c1-3-14(19)5-4-11(2)12-6-15(7-12)24-18-20-9-13(10-21-18)16-8-17(23)22-25-16/h3-5,8-10,12,15H,2,6-7H2,1H3,(H,22,23)/b5-4-,14-3+/t12-,15+. The average molecular weight is 360 g/mol. The molecule has 0 amide bonds. The molecule has 0 radical (unpaired) electrons. The molecule has 2 aromatic rings. The Bertz CT molecular complexity index is 805. The van der Waals surface area contributed by atoms with Crippen LogP contribution in [0.1, 0.15) is 19.8 Å². The molecule has 0 bridgehead atoms. The van der Waals surface area contributed by atoms with Crippen LogP contribution < -0.4 is 4.74 Å². The number of halogens is 1. The summed E-state index contributed by atoms with van der Waals surface area (Å²) in [6.45, 7) is 5.96. The number of rotatable bonds is 6. The van der Waals surface area contributed by atoms with E-state index in [0.29, 0.717) is 28.3 Å². The molecule has 7 heteroatoms. The number of aromatic hydroxyl groups is 1. The normalized spacial score (nSPS) is 20.5. The molecule has 1 aliphatic carbocycles. The van der Waals surface area contributed by atoms with E-state index in [1.165, 1.54) is 6.07 Å². The van der Waals surface area contributed by atoms with Gasteiger partial charge in [0, 0.05) is 23.5 Å². The molecule has 2 heterocycles. The zero-order valence-corrected chi connectivity index (χ0v) is 14.5. The van der Waals surface area contributed by atoms with Crippen molar-refractivity contribution in [3.05, 3.63) is 53.9 Å². The number of aromatic nitrogens is 3. The molecule has 0 aromatic carbocycles. The van der Waals surface area contributed by atoms with Gasteiger partial charge in [-0.15, -0.1) is 0 Å². The van der Waals surface area contributed by atoms with Crippen molar-refractivity contribution in [2.45, 2.75) is 25.9 Å². The van der Waals surface area contributed by atoms with Gasteiger partial charge in [-0.25, -0.2) is 9.97 Å². The summed E-state index contributed by atoms with van der Waals surface area (Å²) < 4.78 is 10.7. The minimum atomic E-state index is -0.180. The molecule has 0 unspecified atom stereocenters. The van der Waals surface area contributed by atoms with Crippen molar-refractivity contribution in [3.63, 3.8) is 0 Å². The molecule has 0 spiro atoms. The maximum absolute atomic E-state index is 9.19. The number of hydrogen-bond donors (Lipinski definition) is 1. The lowest BCUT2D eigenvalue weighted by Gasteiger charge is -2.35. The molecule has 1 saturated carbocycles. The van der Waals surface area contributed by atoms with Crippen molar-refractivity contribution in [1.82, 2.24) is 15.1 Å². The summed E-state index contributed by atoms with van der Waals surface area (Å²) in [6.07, 6.45) is 10.6. The van der Waals surface area contributed by atoms with E-state index < -0.39 is 0 Å². The van der Waals surface area contributed by atoms with E-state index in [1.807, 2.05) is 25.2 Å². The van der Waals surface area contributed by atoms with E-state index in [9.17, 15) is 5.11 Å². The molecule has 25 heavy (non-hydrogen) atoms. The Morgan fingerprint density at radius 2 is 2.08 bits per heavy atom. The SMILES string of the molecule is C=C(/C=C\C(Cl)=C/C)[C@H]1C[C@@H](Oc2ncc(-c3cc(O)no3)cn2)C1. The highest BCUT2D eigenvalue weighted by molar-refractivity contribution is 6.31. The predicted molar refractivity (Wildman–Crippen MR) is 94.2 cm³/mol. The molecule has 1 fully saturated rings. The largest absolute Gasteiger partial charge is 0.491 e. The lowest BCUT2D eigenvalue weighted by atomic mass is 9.77. The highest BCUT2D eigenvalue weighted by Gasteiger charge is 2.32. The highest BCUT2D eigenvalue weighted by atomic mass is 35.5. The van der Waals surface area contributed by atoms with Crippen LogP contribution in [0.2, 0.25) is 0 Å². The summed E-state index contributed by atoms with van der Waals surface area (Å²) in [6, 6.07) is 1.71. The van der Waals surface area contributed by atoms with E-state index >= 15 is 0 Å². The second kappa shape index (κ2) is 7.53. The van der Waals surface area contributed by atoms with Gasteiger partial charge >= 0.3 is 6.01 Å². The molecule has 0 atom stereocenters. The quantitative estimate of drug-likeness (QED) is 0.776. The fourth-order valence-electron chi connectivity index (χ4n) is 2.44. The molecule has 1 aliphatic rings. The third-order valence-electron chi connectivity index (χ3n) is 4.03. The summed E-state index contributed by atoms with van der Waals surface area (Å²) in [5.41, 5.74) is 1.66. The van der Waals surface area contributed by atoms with Gasteiger partial charge in [0.25, 0.3) is 5.88 Å². The van der Waals surface area contributed by atoms with Crippen molar-refractivity contribution < 1.29 is 14.4 Å². The van der Waals surface area contributed by atoms with Crippen LogP contribution in [-0.2, 0) is 0 Å². The summed E-state index contributed by atoms with van der Waals surface area (Å²) in [4.78, 5) is 8.33. The predicted octanol–water partition coefficient (Wildman–Crippen LogP) is 4.25. The Balaban J connectivity index is 1.50. The van der Waals surface area contributed by atoms with Crippen molar-refractivity contribution >= 4 is 11.6 Å². The smallest absolute Gasteiger partial charge is 0.316 e. The third-order valence-corrected chi connectivity index (χ3v) is 4.38. The Kier molecular flexibility index (Phi) is 5.19. The van der Waals surface area contributed by atoms with Gasteiger partial charge in [0.15, 0.2) is 5.76 Å². The van der Waals surface area contributed by atoms with Crippen LogP contribution in [0.25, 0.3) is 11.3 Å². The average Bonchev–Trinajstić information content (AvgIpc) is 3.02. The van der Waals surface area contributed by atoms with Gasteiger partial charge in [0.05, 0.1) is 5.56 Å². The first kappa shape index (κ1) is 17.2. The maximum Gasteiger partial charge on any atom is 0.316 e. The van der Waals surface area contributed by atoms with E-state index in [4.69, 9.17) is 20.9 Å². The van der Waals surface area contributed by atoms with Crippen molar-refractivity contribution in [1.29, 1.82) is 0 Å². The molecular weight excluding hydrogens is 342 g/mol. The van der Waals surface area contributed by atoms with E-state index in [2.05, 4.69) is 21.7 Å². The lowest BCUT2D eigenvalue weighted by molar-refractivity contribution is 0.0734. The number of allylic oxidation sites excluding steroid dienone is 5. The maximum atomic E-state index is 9.19. The Hall–Kier alpha value is -2.60. The van der Waals surface area contributed by atoms with Crippen LogP contribution in [0.4, 0.5) is 0 Å². The van der Waals surface area contributed by atoms with Crippen LogP contribution in [0.15, 0.2) is 58.4 Å². The number of nitrogens with zero attached hydrogens (tertiary/aromatic N) is 3. The molecular formula is C18H18ClN3O3. The Morgan fingerprint density at radius 1 is 1.36 bits per heavy atom. The van der Waals surface area contributed by atoms with Gasteiger partial charge in [-0.3, -0.25) is 0 Å². The van der Waals surface area contributed by atoms with Gasteiger partial charge in [0.2, 0.25) is 0 Å². The van der Waals surface area contributed by atoms with Crippen LogP contribution in [-0.4, -0.2) is 26.3 Å². The van der Waals surface area contributed by atoms with Gasteiger partial charge in [-0.1, -0.05) is 35.9 Å². The van der Waals surface area contributed by atoms with Crippen LogP contribution in [0.5, 0.6) is 11.9 Å². The Labute approximate surface area is 150 Å². The summed E-state index contributed by atoms with van der Waals surface area (Å²) in [5, 5.41) is 13.3. The fourth-order valence-corrected chi connectivity index (χ4v) is 2.50. The third kappa shape index (κ3) is 4.28. The minimum Gasteiger partial charge on any atom is -0.491 e. The Morgan fingerprint density at radius 3 is 2.68 bits per heavy atom. The van der Waals surface area contributed by atoms with Crippen LogP contribution in [0, 0.1) is 5.92 Å². The first-order chi connectivity index (χ1) is 12.0. The van der Waals surface area contributed by atoms with Crippen molar-refractivity contribution in [2.24, 2.45) is 5.92 Å².